The van der Waals surface area contributed by atoms with Gasteiger partial charge in [0.25, 0.3) is 0 Å². The minimum Gasteiger partial charge on any atom is -0.493 e. The molecule has 2 heterocycles. The van der Waals surface area contributed by atoms with Crippen molar-refractivity contribution in [1.82, 2.24) is 4.98 Å². The Morgan fingerprint density at radius 1 is 0.938 bits per heavy atom. The molecule has 3 rings (SSSR count). The molecular weight excluding hydrogens is 482 g/mol. The molecule has 0 radical (unpaired) electrons. The van der Waals surface area contributed by atoms with E-state index in [-0.39, 0.29) is 0 Å². The number of aliphatic hydroxyl groups excluding tert-OH is 4. The molecule has 1 aliphatic rings. The SMILES string of the molecule is OC[C@H]1OC(O)[C@H](O)[C@@H](OCCCCCCCCOc2ccnc3c(Br)cccc23)[C@@H]1O. The van der Waals surface area contributed by atoms with Crippen molar-refractivity contribution >= 4 is 26.8 Å². The van der Waals surface area contributed by atoms with Gasteiger partial charge in [0.05, 0.1) is 18.7 Å². The molecule has 0 amide bonds. The number of nitrogens with zero attached hydrogens (tertiary/aromatic N) is 1. The van der Waals surface area contributed by atoms with Gasteiger partial charge in [-0.1, -0.05) is 31.7 Å². The van der Waals surface area contributed by atoms with E-state index in [0.717, 1.165) is 59.7 Å². The first kappa shape index (κ1) is 25.3. The number of fused-ring (bicyclic) bond motifs is 1. The predicted octanol–water partition coefficient (Wildman–Crippen LogP) is 2.53. The Kier molecular flexibility index (Phi) is 10.1. The van der Waals surface area contributed by atoms with E-state index < -0.39 is 37.3 Å². The van der Waals surface area contributed by atoms with Gasteiger partial charge in [-0.25, -0.2) is 0 Å². The standard InChI is InChI=1S/C23H32BrNO7/c24-16-9-7-8-15-17(10-11-25-19(15)16)30-12-5-3-1-2-4-6-13-31-22-20(27)18(14-26)32-23(29)21(22)28/h7-11,18,20-23,26-29H,1-6,12-14H2/t18-,20-,21-,22+,23?/m1/s1. The van der Waals surface area contributed by atoms with Gasteiger partial charge >= 0.3 is 0 Å². The van der Waals surface area contributed by atoms with Crippen molar-refractivity contribution in [2.24, 2.45) is 0 Å². The summed E-state index contributed by atoms with van der Waals surface area (Å²) in [5.74, 6) is 0.847. The average Bonchev–Trinajstić information content (AvgIpc) is 2.80. The number of aliphatic hydroxyl groups is 4. The normalized spacial score (nSPS) is 25.8. The van der Waals surface area contributed by atoms with Crippen LogP contribution >= 0.6 is 15.9 Å². The third kappa shape index (κ3) is 6.60. The van der Waals surface area contributed by atoms with Gasteiger partial charge in [-0.3, -0.25) is 4.98 Å². The van der Waals surface area contributed by atoms with Crippen LogP contribution in [0.25, 0.3) is 10.9 Å². The minimum atomic E-state index is -1.48. The molecule has 1 unspecified atom stereocenters. The fourth-order valence-corrected chi connectivity index (χ4v) is 4.29. The van der Waals surface area contributed by atoms with Gasteiger partial charge in [-0.2, -0.15) is 0 Å². The second kappa shape index (κ2) is 12.8. The van der Waals surface area contributed by atoms with Crippen LogP contribution in [-0.4, -0.2) is 75.9 Å². The summed E-state index contributed by atoms with van der Waals surface area (Å²) in [6, 6.07) is 7.84. The molecule has 1 saturated heterocycles. The van der Waals surface area contributed by atoms with Gasteiger partial charge in [0.15, 0.2) is 6.29 Å². The summed E-state index contributed by atoms with van der Waals surface area (Å²) in [4.78, 5) is 4.39. The maximum Gasteiger partial charge on any atom is 0.184 e. The number of unbranched alkanes of at least 4 members (excludes halogenated alkanes) is 5. The van der Waals surface area contributed by atoms with Gasteiger partial charge in [0.2, 0.25) is 0 Å². The molecule has 32 heavy (non-hydrogen) atoms. The highest BCUT2D eigenvalue weighted by Crippen LogP contribution is 2.29. The van der Waals surface area contributed by atoms with Crippen LogP contribution in [0.5, 0.6) is 5.75 Å². The van der Waals surface area contributed by atoms with Crippen LogP contribution in [0.4, 0.5) is 0 Å². The number of hydrogen-bond donors (Lipinski definition) is 4. The van der Waals surface area contributed by atoms with E-state index >= 15 is 0 Å². The maximum atomic E-state index is 10.1. The molecule has 1 aromatic carbocycles. The van der Waals surface area contributed by atoms with E-state index in [1.165, 1.54) is 0 Å². The molecule has 8 nitrogen and oxygen atoms in total. The molecule has 9 heteroatoms. The zero-order chi connectivity index (χ0) is 22.9. The molecule has 0 saturated carbocycles. The molecule has 1 fully saturated rings. The van der Waals surface area contributed by atoms with Crippen molar-refractivity contribution in [2.45, 2.75) is 69.2 Å². The summed E-state index contributed by atoms with van der Waals surface area (Å²) in [6.07, 6.45) is 1.73. The lowest BCUT2D eigenvalue weighted by Gasteiger charge is -2.39. The van der Waals surface area contributed by atoms with Crippen LogP contribution in [0.2, 0.25) is 0 Å². The number of rotatable bonds is 12. The van der Waals surface area contributed by atoms with E-state index in [4.69, 9.17) is 14.2 Å². The maximum absolute atomic E-state index is 10.1. The summed E-state index contributed by atoms with van der Waals surface area (Å²) in [7, 11) is 0. The second-order valence-electron chi connectivity index (χ2n) is 7.98. The predicted molar refractivity (Wildman–Crippen MR) is 122 cm³/mol. The summed E-state index contributed by atoms with van der Waals surface area (Å²) in [6.45, 7) is 0.559. The monoisotopic (exact) mass is 513 g/mol. The molecule has 0 bridgehead atoms. The Bertz CT molecular complexity index is 839. The van der Waals surface area contributed by atoms with E-state index in [1.807, 2.05) is 24.3 Å². The topological polar surface area (TPSA) is 122 Å². The van der Waals surface area contributed by atoms with Crippen molar-refractivity contribution in [3.63, 3.8) is 0 Å². The number of aromatic nitrogens is 1. The van der Waals surface area contributed by atoms with Crippen LogP contribution in [-0.2, 0) is 9.47 Å². The van der Waals surface area contributed by atoms with Crippen LogP contribution in [0.15, 0.2) is 34.9 Å². The number of para-hydroxylation sites is 1. The first-order valence-electron chi connectivity index (χ1n) is 11.1. The highest BCUT2D eigenvalue weighted by molar-refractivity contribution is 9.10. The van der Waals surface area contributed by atoms with Crippen molar-refractivity contribution in [2.75, 3.05) is 19.8 Å². The number of hydrogen-bond acceptors (Lipinski definition) is 8. The molecule has 1 aromatic heterocycles. The van der Waals surface area contributed by atoms with E-state index in [9.17, 15) is 20.4 Å². The largest absolute Gasteiger partial charge is 0.493 e. The van der Waals surface area contributed by atoms with Gasteiger partial charge < -0.3 is 34.6 Å². The number of benzene rings is 1. The number of pyridine rings is 1. The number of ether oxygens (including phenoxy) is 3. The Labute approximate surface area is 196 Å². The molecule has 1 aliphatic heterocycles. The van der Waals surface area contributed by atoms with Gasteiger partial charge in [-0.15, -0.1) is 0 Å². The van der Waals surface area contributed by atoms with Crippen LogP contribution in [0, 0.1) is 0 Å². The lowest BCUT2D eigenvalue weighted by atomic mass is 9.99. The van der Waals surface area contributed by atoms with Gasteiger partial charge in [-0.05, 0) is 47.0 Å². The van der Waals surface area contributed by atoms with Crippen LogP contribution < -0.4 is 4.74 Å². The average molecular weight is 514 g/mol. The smallest absolute Gasteiger partial charge is 0.184 e. The van der Waals surface area contributed by atoms with E-state index in [0.29, 0.717) is 13.2 Å². The van der Waals surface area contributed by atoms with Crippen LogP contribution in [0.1, 0.15) is 38.5 Å². The lowest BCUT2D eigenvalue weighted by molar-refractivity contribution is -0.294. The summed E-state index contributed by atoms with van der Waals surface area (Å²) >= 11 is 3.52. The first-order chi connectivity index (χ1) is 15.5. The van der Waals surface area contributed by atoms with Gasteiger partial charge in [0, 0.05) is 22.7 Å². The highest BCUT2D eigenvalue weighted by atomic mass is 79.9. The molecule has 0 aliphatic carbocycles. The Hall–Kier alpha value is -1.33. The zero-order valence-electron chi connectivity index (χ0n) is 18.0. The van der Waals surface area contributed by atoms with Crippen molar-refractivity contribution < 1.29 is 34.6 Å². The molecule has 4 N–H and O–H groups in total. The minimum absolute atomic E-state index is 0.359. The Morgan fingerprint density at radius 3 is 2.41 bits per heavy atom. The van der Waals surface area contributed by atoms with Crippen molar-refractivity contribution in [3.8, 4) is 5.75 Å². The second-order valence-corrected chi connectivity index (χ2v) is 8.83. The molecular formula is C23H32BrNO7. The van der Waals surface area contributed by atoms with E-state index in [1.54, 1.807) is 6.20 Å². The highest BCUT2D eigenvalue weighted by Gasteiger charge is 2.44. The third-order valence-corrected chi connectivity index (χ3v) is 6.27. The van der Waals surface area contributed by atoms with Crippen molar-refractivity contribution in [1.29, 1.82) is 0 Å². The van der Waals surface area contributed by atoms with Gasteiger partial charge in [0.1, 0.15) is 30.2 Å². The fraction of sp³-hybridized carbons (Fsp3) is 0.609. The quantitative estimate of drug-likeness (QED) is 0.319. The molecule has 178 valence electrons. The summed E-state index contributed by atoms with van der Waals surface area (Å²) in [5.41, 5.74) is 0.898. The Morgan fingerprint density at radius 2 is 1.66 bits per heavy atom. The Balaban J connectivity index is 1.26. The third-order valence-electron chi connectivity index (χ3n) is 5.63. The summed E-state index contributed by atoms with van der Waals surface area (Å²) < 4.78 is 17.4. The molecule has 0 spiro atoms. The first-order valence-corrected chi connectivity index (χ1v) is 11.9. The molecule has 2 aromatic rings. The number of halogens is 1. The fourth-order valence-electron chi connectivity index (χ4n) is 3.82. The lowest BCUT2D eigenvalue weighted by Crippen LogP contribution is -2.59. The molecule has 5 atom stereocenters. The van der Waals surface area contributed by atoms with Crippen molar-refractivity contribution in [3.05, 3.63) is 34.9 Å². The van der Waals surface area contributed by atoms with Crippen LogP contribution in [0.3, 0.4) is 0 Å². The van der Waals surface area contributed by atoms with E-state index in [2.05, 4.69) is 20.9 Å². The zero-order valence-corrected chi connectivity index (χ0v) is 19.6. The summed E-state index contributed by atoms with van der Waals surface area (Å²) in [5, 5.41) is 39.9.